The van der Waals surface area contributed by atoms with Crippen molar-refractivity contribution in [1.29, 1.82) is 0 Å². The minimum Gasteiger partial charge on any atom is -0.382 e. The maximum absolute atomic E-state index is 6.20. The fraction of sp³-hybridized carbons (Fsp3) is 0.650. The standard InChI is InChI=1S/C20H30N2O3/c1-20(2)24-15-18(21-22-13-7-10-17(22)14-23-3)19(25-20)12-11-16-8-5-4-6-9-16/h4-6,8-9,17,19H,7,10-15H2,1-3H3/b21-18+/t17-,19-/m0/s1. The zero-order chi connectivity index (χ0) is 17.7. The van der Waals surface area contributed by atoms with E-state index in [0.29, 0.717) is 12.6 Å². The summed E-state index contributed by atoms with van der Waals surface area (Å²) < 4.78 is 17.4. The molecule has 0 aromatic heterocycles. The molecule has 0 spiro atoms. The zero-order valence-corrected chi connectivity index (χ0v) is 15.6. The third kappa shape index (κ3) is 5.03. The lowest BCUT2D eigenvalue weighted by Crippen LogP contribution is -2.47. The molecular formula is C20H30N2O3. The van der Waals surface area contributed by atoms with Gasteiger partial charge >= 0.3 is 0 Å². The molecule has 138 valence electrons. The minimum atomic E-state index is -0.558. The summed E-state index contributed by atoms with van der Waals surface area (Å²) in [4.78, 5) is 0. The number of hydrogen-bond acceptors (Lipinski definition) is 5. The molecule has 5 heteroatoms. The molecule has 25 heavy (non-hydrogen) atoms. The molecule has 0 unspecified atom stereocenters. The predicted molar refractivity (Wildman–Crippen MR) is 98.7 cm³/mol. The van der Waals surface area contributed by atoms with Crippen LogP contribution in [-0.2, 0) is 20.6 Å². The quantitative estimate of drug-likeness (QED) is 0.793. The number of benzene rings is 1. The van der Waals surface area contributed by atoms with Crippen LogP contribution >= 0.6 is 0 Å². The molecule has 0 radical (unpaired) electrons. The number of methoxy groups -OCH3 is 1. The molecule has 0 amide bonds. The fourth-order valence-corrected chi connectivity index (χ4v) is 3.53. The topological polar surface area (TPSA) is 43.3 Å². The molecule has 5 nitrogen and oxygen atoms in total. The Morgan fingerprint density at radius 1 is 1.28 bits per heavy atom. The van der Waals surface area contributed by atoms with Crippen LogP contribution in [0.5, 0.6) is 0 Å². The van der Waals surface area contributed by atoms with Crippen molar-refractivity contribution in [2.45, 2.75) is 57.5 Å². The maximum atomic E-state index is 6.20. The van der Waals surface area contributed by atoms with Gasteiger partial charge in [-0.2, -0.15) is 5.10 Å². The van der Waals surface area contributed by atoms with E-state index in [1.165, 1.54) is 5.56 Å². The maximum Gasteiger partial charge on any atom is 0.164 e. The monoisotopic (exact) mass is 346 g/mol. The molecule has 2 heterocycles. The molecule has 2 fully saturated rings. The van der Waals surface area contributed by atoms with Crippen LogP contribution in [0.2, 0.25) is 0 Å². The lowest BCUT2D eigenvalue weighted by molar-refractivity contribution is -0.235. The van der Waals surface area contributed by atoms with E-state index in [4.69, 9.17) is 19.3 Å². The third-order valence-corrected chi connectivity index (χ3v) is 4.87. The van der Waals surface area contributed by atoms with Gasteiger partial charge in [-0.3, -0.25) is 5.01 Å². The van der Waals surface area contributed by atoms with E-state index in [-0.39, 0.29) is 6.10 Å². The average Bonchev–Trinajstić information content (AvgIpc) is 3.03. The number of aryl methyl sites for hydroxylation is 1. The second kappa shape index (κ2) is 8.30. The molecule has 2 atom stereocenters. The van der Waals surface area contributed by atoms with E-state index in [0.717, 1.165) is 44.5 Å². The molecule has 0 bridgehead atoms. The highest BCUT2D eigenvalue weighted by Gasteiger charge is 2.35. The first-order valence-corrected chi connectivity index (χ1v) is 9.26. The normalized spacial score (nSPS) is 27.8. The fourth-order valence-electron chi connectivity index (χ4n) is 3.53. The Labute approximate surface area is 150 Å². The summed E-state index contributed by atoms with van der Waals surface area (Å²) in [5.41, 5.74) is 2.33. The molecule has 3 rings (SSSR count). The van der Waals surface area contributed by atoms with Crippen LogP contribution < -0.4 is 0 Å². The van der Waals surface area contributed by atoms with Crippen LogP contribution in [0, 0.1) is 0 Å². The molecule has 0 aliphatic carbocycles. The first-order chi connectivity index (χ1) is 12.1. The van der Waals surface area contributed by atoms with Gasteiger partial charge in [0.25, 0.3) is 0 Å². The molecule has 1 aromatic rings. The third-order valence-electron chi connectivity index (χ3n) is 4.87. The van der Waals surface area contributed by atoms with Crippen LogP contribution in [0.1, 0.15) is 38.7 Å². The van der Waals surface area contributed by atoms with Crippen molar-refractivity contribution in [2.75, 3.05) is 26.9 Å². The highest BCUT2D eigenvalue weighted by atomic mass is 16.7. The Hall–Kier alpha value is -1.43. The van der Waals surface area contributed by atoms with Gasteiger partial charge in [0.1, 0.15) is 6.10 Å². The smallest absolute Gasteiger partial charge is 0.164 e. The Morgan fingerprint density at radius 3 is 2.84 bits per heavy atom. The molecule has 1 aromatic carbocycles. The first kappa shape index (κ1) is 18.4. The lowest BCUT2D eigenvalue weighted by atomic mass is 10.0. The molecular weight excluding hydrogens is 316 g/mol. The van der Waals surface area contributed by atoms with Crippen LogP contribution in [0.15, 0.2) is 35.4 Å². The van der Waals surface area contributed by atoms with Gasteiger partial charge in [0, 0.05) is 13.7 Å². The number of hydrogen-bond donors (Lipinski definition) is 0. The van der Waals surface area contributed by atoms with Crippen LogP contribution in [0.4, 0.5) is 0 Å². The summed E-state index contributed by atoms with van der Waals surface area (Å²) in [5, 5.41) is 7.08. The van der Waals surface area contributed by atoms with E-state index in [1.54, 1.807) is 7.11 Å². The van der Waals surface area contributed by atoms with Gasteiger partial charge in [0.2, 0.25) is 0 Å². The minimum absolute atomic E-state index is 0.00671. The Kier molecular flexibility index (Phi) is 6.10. The van der Waals surface area contributed by atoms with Crippen molar-refractivity contribution in [3.05, 3.63) is 35.9 Å². The van der Waals surface area contributed by atoms with Gasteiger partial charge in [0.15, 0.2) is 5.79 Å². The number of hydrazone groups is 1. The molecule has 2 saturated heterocycles. The Bertz CT molecular complexity index is 574. The van der Waals surface area contributed by atoms with E-state index < -0.39 is 5.79 Å². The van der Waals surface area contributed by atoms with Crippen molar-refractivity contribution >= 4 is 5.71 Å². The lowest BCUT2D eigenvalue weighted by Gasteiger charge is -2.37. The SMILES string of the molecule is COC[C@@H]1CCCN1/N=C1\COC(C)(C)O[C@H]1CCc1ccccc1. The van der Waals surface area contributed by atoms with E-state index in [9.17, 15) is 0 Å². The van der Waals surface area contributed by atoms with Crippen molar-refractivity contribution in [2.24, 2.45) is 5.10 Å². The summed E-state index contributed by atoms with van der Waals surface area (Å²) >= 11 is 0. The summed E-state index contributed by atoms with van der Waals surface area (Å²) in [6.45, 7) is 6.18. The number of nitrogens with zero attached hydrogens (tertiary/aromatic N) is 2. The van der Waals surface area contributed by atoms with Crippen LogP contribution in [0.3, 0.4) is 0 Å². The predicted octanol–water partition coefficient (Wildman–Crippen LogP) is 3.24. The van der Waals surface area contributed by atoms with Crippen LogP contribution in [-0.4, -0.2) is 55.5 Å². The first-order valence-electron chi connectivity index (χ1n) is 9.26. The number of ether oxygens (including phenoxy) is 3. The largest absolute Gasteiger partial charge is 0.382 e. The van der Waals surface area contributed by atoms with Gasteiger partial charge in [-0.05, 0) is 45.1 Å². The average molecular weight is 346 g/mol. The summed E-state index contributed by atoms with van der Waals surface area (Å²) in [5.74, 6) is -0.558. The van der Waals surface area contributed by atoms with E-state index in [1.807, 2.05) is 19.9 Å². The number of rotatable bonds is 6. The van der Waals surface area contributed by atoms with E-state index in [2.05, 4.69) is 29.3 Å². The molecule has 2 aliphatic rings. The molecule has 2 aliphatic heterocycles. The Morgan fingerprint density at radius 2 is 2.08 bits per heavy atom. The second-order valence-electron chi connectivity index (χ2n) is 7.33. The van der Waals surface area contributed by atoms with Gasteiger partial charge in [-0.1, -0.05) is 30.3 Å². The summed E-state index contributed by atoms with van der Waals surface area (Å²) in [6, 6.07) is 10.9. The van der Waals surface area contributed by atoms with Crippen molar-refractivity contribution < 1.29 is 14.2 Å². The second-order valence-corrected chi connectivity index (χ2v) is 7.33. The van der Waals surface area contributed by atoms with Gasteiger partial charge < -0.3 is 14.2 Å². The van der Waals surface area contributed by atoms with Gasteiger partial charge in [-0.15, -0.1) is 0 Å². The highest BCUT2D eigenvalue weighted by molar-refractivity contribution is 5.90. The van der Waals surface area contributed by atoms with Gasteiger partial charge in [-0.25, -0.2) is 0 Å². The molecule has 0 N–H and O–H groups in total. The van der Waals surface area contributed by atoms with Crippen molar-refractivity contribution in [3.63, 3.8) is 0 Å². The van der Waals surface area contributed by atoms with Gasteiger partial charge in [0.05, 0.1) is 25.0 Å². The van der Waals surface area contributed by atoms with Crippen LogP contribution in [0.25, 0.3) is 0 Å². The molecule has 0 saturated carbocycles. The van der Waals surface area contributed by atoms with Crippen molar-refractivity contribution in [3.8, 4) is 0 Å². The Balaban J connectivity index is 1.70. The highest BCUT2D eigenvalue weighted by Crippen LogP contribution is 2.26. The zero-order valence-electron chi connectivity index (χ0n) is 15.6. The van der Waals surface area contributed by atoms with Crippen molar-refractivity contribution in [1.82, 2.24) is 5.01 Å². The van der Waals surface area contributed by atoms with E-state index >= 15 is 0 Å². The summed E-state index contributed by atoms with van der Waals surface area (Å²) in [6.07, 6.45) is 4.17. The summed E-state index contributed by atoms with van der Waals surface area (Å²) in [7, 11) is 1.75.